The molecule has 0 saturated heterocycles. The second-order valence-electron chi connectivity index (χ2n) is 4.63. The molecule has 2 rings (SSSR count). The fourth-order valence-electron chi connectivity index (χ4n) is 1.87. The zero-order chi connectivity index (χ0) is 15.8. The summed E-state index contributed by atoms with van der Waals surface area (Å²) in [6.45, 7) is 0.438. The number of nitrogens with zero attached hydrogens (tertiary/aromatic N) is 1. The molecule has 0 spiro atoms. The zero-order valence-electron chi connectivity index (χ0n) is 11.9. The Bertz CT molecular complexity index is 681. The molecule has 0 bridgehead atoms. The Morgan fingerprint density at radius 3 is 2.68 bits per heavy atom. The van der Waals surface area contributed by atoms with Gasteiger partial charge in [-0.3, -0.25) is 4.79 Å². The van der Waals surface area contributed by atoms with Crippen LogP contribution in [0.25, 0.3) is 0 Å². The van der Waals surface area contributed by atoms with E-state index < -0.39 is 0 Å². The first-order valence-electron chi connectivity index (χ1n) is 6.82. The Morgan fingerprint density at radius 1 is 1.23 bits per heavy atom. The van der Waals surface area contributed by atoms with E-state index in [1.165, 1.54) is 11.6 Å². The number of carbonyl (C=O) groups is 1. The first kappa shape index (κ1) is 15.9. The fourth-order valence-corrected chi connectivity index (χ4v) is 2.11. The van der Waals surface area contributed by atoms with E-state index in [1.54, 1.807) is 12.1 Å². The van der Waals surface area contributed by atoms with E-state index in [0.29, 0.717) is 22.9 Å². The van der Waals surface area contributed by atoms with Gasteiger partial charge in [-0.2, -0.15) is 5.26 Å². The topological polar surface area (TPSA) is 62.1 Å². The van der Waals surface area contributed by atoms with Crippen LogP contribution in [0.1, 0.15) is 11.1 Å². The van der Waals surface area contributed by atoms with E-state index in [-0.39, 0.29) is 12.5 Å². The van der Waals surface area contributed by atoms with Crippen LogP contribution in [0.3, 0.4) is 0 Å². The third-order valence-corrected chi connectivity index (χ3v) is 3.29. The molecule has 1 amide bonds. The van der Waals surface area contributed by atoms with Gasteiger partial charge in [-0.25, -0.2) is 0 Å². The van der Waals surface area contributed by atoms with E-state index in [0.717, 1.165) is 6.42 Å². The number of carbonyl (C=O) groups excluding carboxylic acids is 1. The average Bonchev–Trinajstić information content (AvgIpc) is 2.54. The summed E-state index contributed by atoms with van der Waals surface area (Å²) in [5.74, 6) is 0.176. The van der Waals surface area contributed by atoms with Crippen LogP contribution in [0.4, 0.5) is 0 Å². The van der Waals surface area contributed by atoms with Gasteiger partial charge in [-0.05, 0) is 30.2 Å². The fraction of sp³-hybridized carbons (Fsp3) is 0.176. The van der Waals surface area contributed by atoms with Crippen LogP contribution in [0.5, 0.6) is 5.75 Å². The molecule has 0 atom stereocenters. The number of halogens is 1. The van der Waals surface area contributed by atoms with Gasteiger partial charge in [0.1, 0.15) is 5.75 Å². The second-order valence-corrected chi connectivity index (χ2v) is 5.04. The molecular formula is C17H15ClN2O2. The van der Waals surface area contributed by atoms with Crippen molar-refractivity contribution in [1.82, 2.24) is 5.32 Å². The van der Waals surface area contributed by atoms with Crippen LogP contribution in [-0.2, 0) is 11.2 Å². The Labute approximate surface area is 134 Å². The predicted molar refractivity (Wildman–Crippen MR) is 84.8 cm³/mol. The molecular weight excluding hydrogens is 300 g/mol. The highest BCUT2D eigenvalue weighted by Crippen LogP contribution is 2.24. The number of nitrogens with one attached hydrogen (secondary N) is 1. The van der Waals surface area contributed by atoms with Gasteiger partial charge in [-0.1, -0.05) is 41.9 Å². The largest absolute Gasteiger partial charge is 0.482 e. The van der Waals surface area contributed by atoms with Crippen LogP contribution in [0.15, 0.2) is 48.5 Å². The van der Waals surface area contributed by atoms with Gasteiger partial charge < -0.3 is 10.1 Å². The Morgan fingerprint density at radius 2 is 2.00 bits per heavy atom. The lowest BCUT2D eigenvalue weighted by molar-refractivity contribution is -0.123. The van der Waals surface area contributed by atoms with Crippen LogP contribution in [-0.4, -0.2) is 19.1 Å². The zero-order valence-corrected chi connectivity index (χ0v) is 12.6. The maximum absolute atomic E-state index is 11.7. The summed E-state index contributed by atoms with van der Waals surface area (Å²) in [5, 5.41) is 11.8. The summed E-state index contributed by atoms with van der Waals surface area (Å²) in [6.07, 6.45) is 0.768. The van der Waals surface area contributed by atoms with Crippen molar-refractivity contribution in [3.63, 3.8) is 0 Å². The minimum Gasteiger partial charge on any atom is -0.482 e. The van der Waals surface area contributed by atoms with E-state index in [2.05, 4.69) is 5.32 Å². The van der Waals surface area contributed by atoms with Crippen molar-refractivity contribution >= 4 is 17.5 Å². The van der Waals surface area contributed by atoms with Crippen LogP contribution < -0.4 is 10.1 Å². The van der Waals surface area contributed by atoms with Crippen molar-refractivity contribution in [2.45, 2.75) is 6.42 Å². The average molecular weight is 315 g/mol. The number of hydrogen-bond donors (Lipinski definition) is 1. The molecule has 0 fully saturated rings. The SMILES string of the molecule is N#Cc1ccc(OCC(=O)NCCc2ccccc2)c(Cl)c1. The molecule has 0 heterocycles. The Kier molecular flexibility index (Phi) is 5.81. The maximum atomic E-state index is 11.7. The van der Waals surface area contributed by atoms with E-state index in [4.69, 9.17) is 21.6 Å². The molecule has 0 aromatic heterocycles. The molecule has 0 unspecified atom stereocenters. The highest BCUT2D eigenvalue weighted by atomic mass is 35.5. The number of benzene rings is 2. The number of hydrogen-bond acceptors (Lipinski definition) is 3. The maximum Gasteiger partial charge on any atom is 0.257 e. The summed E-state index contributed by atoms with van der Waals surface area (Å²) in [6, 6.07) is 16.6. The number of amides is 1. The van der Waals surface area contributed by atoms with Gasteiger partial charge in [0.2, 0.25) is 0 Å². The predicted octanol–water partition coefficient (Wildman–Crippen LogP) is 2.95. The quantitative estimate of drug-likeness (QED) is 0.891. The molecule has 2 aromatic rings. The first-order valence-corrected chi connectivity index (χ1v) is 7.20. The first-order chi connectivity index (χ1) is 10.7. The van der Waals surface area contributed by atoms with Crippen molar-refractivity contribution < 1.29 is 9.53 Å². The monoisotopic (exact) mass is 314 g/mol. The van der Waals surface area contributed by atoms with Crippen molar-refractivity contribution in [2.24, 2.45) is 0 Å². The normalized spacial score (nSPS) is 9.82. The number of nitriles is 1. The molecule has 0 aliphatic carbocycles. The Balaban J connectivity index is 1.75. The van der Waals surface area contributed by atoms with Gasteiger partial charge in [0, 0.05) is 6.54 Å². The Hall–Kier alpha value is -2.51. The van der Waals surface area contributed by atoms with E-state index in [1.807, 2.05) is 36.4 Å². The highest BCUT2D eigenvalue weighted by Gasteiger charge is 2.06. The lowest BCUT2D eigenvalue weighted by atomic mass is 10.1. The second kappa shape index (κ2) is 8.06. The van der Waals surface area contributed by atoms with Crippen molar-refractivity contribution in [2.75, 3.05) is 13.2 Å². The minimum absolute atomic E-state index is 0.111. The number of ether oxygens (including phenoxy) is 1. The summed E-state index contributed by atoms with van der Waals surface area (Å²) < 4.78 is 5.35. The summed E-state index contributed by atoms with van der Waals surface area (Å²) in [7, 11) is 0. The van der Waals surface area contributed by atoms with Crippen LogP contribution in [0.2, 0.25) is 5.02 Å². The smallest absolute Gasteiger partial charge is 0.257 e. The lowest BCUT2D eigenvalue weighted by Crippen LogP contribution is -2.30. The minimum atomic E-state index is -0.212. The van der Waals surface area contributed by atoms with Gasteiger partial charge in [0.25, 0.3) is 5.91 Å². The molecule has 5 heteroatoms. The molecule has 2 aromatic carbocycles. The van der Waals surface area contributed by atoms with Gasteiger partial charge >= 0.3 is 0 Å². The molecule has 22 heavy (non-hydrogen) atoms. The molecule has 0 radical (unpaired) electrons. The van der Waals surface area contributed by atoms with Gasteiger partial charge in [0.05, 0.1) is 16.7 Å². The molecule has 0 saturated carbocycles. The van der Waals surface area contributed by atoms with E-state index >= 15 is 0 Å². The van der Waals surface area contributed by atoms with Crippen LogP contribution >= 0.6 is 11.6 Å². The van der Waals surface area contributed by atoms with Gasteiger partial charge in [0.15, 0.2) is 6.61 Å². The molecule has 0 aliphatic rings. The highest BCUT2D eigenvalue weighted by molar-refractivity contribution is 6.32. The summed E-state index contributed by atoms with van der Waals surface area (Å²) >= 11 is 5.97. The van der Waals surface area contributed by atoms with E-state index in [9.17, 15) is 4.79 Å². The van der Waals surface area contributed by atoms with Crippen molar-refractivity contribution in [3.05, 3.63) is 64.7 Å². The lowest BCUT2D eigenvalue weighted by Gasteiger charge is -2.09. The third-order valence-electron chi connectivity index (χ3n) is 3.00. The molecule has 1 N–H and O–H groups in total. The van der Waals surface area contributed by atoms with Crippen LogP contribution in [0, 0.1) is 11.3 Å². The van der Waals surface area contributed by atoms with Crippen molar-refractivity contribution in [3.8, 4) is 11.8 Å². The van der Waals surface area contributed by atoms with Crippen molar-refractivity contribution in [1.29, 1.82) is 5.26 Å². The summed E-state index contributed by atoms with van der Waals surface area (Å²) in [4.78, 5) is 11.7. The molecule has 4 nitrogen and oxygen atoms in total. The summed E-state index contributed by atoms with van der Waals surface area (Å²) in [5.41, 5.74) is 1.61. The molecule has 112 valence electrons. The third kappa shape index (κ3) is 4.80. The number of rotatable bonds is 6. The molecule has 0 aliphatic heterocycles. The van der Waals surface area contributed by atoms with Gasteiger partial charge in [-0.15, -0.1) is 0 Å². The standard InChI is InChI=1S/C17H15ClN2O2/c18-15-10-14(11-19)6-7-16(15)22-12-17(21)20-9-8-13-4-2-1-3-5-13/h1-7,10H,8-9,12H2,(H,20,21).